The molecule has 25 heavy (non-hydrogen) atoms. The number of benzene rings is 2. The number of esters is 1. The Morgan fingerprint density at radius 3 is 2.36 bits per heavy atom. The van der Waals surface area contributed by atoms with Gasteiger partial charge in [-0.05, 0) is 43.7 Å². The van der Waals surface area contributed by atoms with Gasteiger partial charge in [0.2, 0.25) is 0 Å². The zero-order valence-corrected chi connectivity index (χ0v) is 15.5. The van der Waals surface area contributed by atoms with Crippen LogP contribution in [0.4, 0.5) is 5.69 Å². The Labute approximate surface area is 154 Å². The molecule has 0 aliphatic heterocycles. The van der Waals surface area contributed by atoms with Crippen LogP contribution in [-0.2, 0) is 20.7 Å². The minimum absolute atomic E-state index is 0.0783. The number of amides is 1. The second-order valence-corrected chi connectivity index (χ2v) is 6.44. The van der Waals surface area contributed by atoms with Crippen molar-refractivity contribution in [3.05, 3.63) is 64.1 Å². The van der Waals surface area contributed by atoms with Crippen molar-refractivity contribution in [2.75, 3.05) is 5.32 Å². The summed E-state index contributed by atoms with van der Waals surface area (Å²) in [5, 5.41) is 2.63. The molecule has 0 fully saturated rings. The lowest BCUT2D eigenvalue weighted by atomic mass is 10.1. The van der Waals surface area contributed by atoms with Crippen molar-refractivity contribution in [1.82, 2.24) is 0 Å². The first-order valence-electron chi connectivity index (χ1n) is 7.71. The molecular weight excluding hydrogens is 386 g/mol. The molecule has 0 spiro atoms. The van der Waals surface area contributed by atoms with Gasteiger partial charge < -0.3 is 10.1 Å². The van der Waals surface area contributed by atoms with E-state index < -0.39 is 18.0 Å². The summed E-state index contributed by atoms with van der Waals surface area (Å²) < 4.78 is 6.09. The number of Topliss-reactive ketones (excluding diaryl/α,β-unsaturated/α-hetero) is 1. The van der Waals surface area contributed by atoms with Crippen LogP contribution in [0.1, 0.15) is 29.8 Å². The molecule has 2 aromatic carbocycles. The van der Waals surface area contributed by atoms with Crippen molar-refractivity contribution < 1.29 is 19.1 Å². The molecule has 1 N–H and O–H groups in total. The predicted octanol–water partition coefficient (Wildman–Crippen LogP) is 3.76. The fourth-order valence-corrected chi connectivity index (χ4v) is 2.46. The second-order valence-electron chi connectivity index (χ2n) is 5.53. The highest BCUT2D eigenvalue weighted by atomic mass is 79.9. The number of rotatable bonds is 6. The fraction of sp³-hybridized carbons (Fsp3) is 0.211. The minimum Gasteiger partial charge on any atom is -0.452 e. The summed E-state index contributed by atoms with van der Waals surface area (Å²) in [6.45, 7) is 2.91. The molecular formula is C19H18BrNO4. The van der Waals surface area contributed by atoms with E-state index in [9.17, 15) is 14.4 Å². The van der Waals surface area contributed by atoms with Crippen molar-refractivity contribution >= 4 is 39.3 Å². The molecule has 0 aliphatic carbocycles. The van der Waals surface area contributed by atoms with Crippen LogP contribution in [0.3, 0.4) is 0 Å². The molecule has 0 aliphatic rings. The third kappa shape index (κ3) is 5.53. The molecule has 0 saturated carbocycles. The Balaban J connectivity index is 1.95. The number of para-hydroxylation sites is 1. The average molecular weight is 404 g/mol. The number of carbonyl (C=O) groups is 3. The van der Waals surface area contributed by atoms with E-state index in [2.05, 4.69) is 21.2 Å². The molecule has 1 amide bonds. The summed E-state index contributed by atoms with van der Waals surface area (Å²) in [6.07, 6.45) is -0.891. The maximum Gasteiger partial charge on any atom is 0.311 e. The normalized spacial score (nSPS) is 11.5. The number of nitrogens with one attached hydrogen (secondary N) is 1. The summed E-state index contributed by atoms with van der Waals surface area (Å²) in [4.78, 5) is 35.8. The van der Waals surface area contributed by atoms with Crippen molar-refractivity contribution in [2.45, 2.75) is 26.4 Å². The van der Waals surface area contributed by atoms with Crippen molar-refractivity contribution in [1.29, 1.82) is 0 Å². The van der Waals surface area contributed by atoms with Gasteiger partial charge in [0.25, 0.3) is 5.91 Å². The number of anilines is 1. The van der Waals surface area contributed by atoms with Crippen LogP contribution in [0.5, 0.6) is 0 Å². The quantitative estimate of drug-likeness (QED) is 0.588. The standard InChI is InChI=1S/C19H18BrNO4/c1-12(22)16-5-3-4-6-17(16)21-19(24)13(2)25-18(23)11-14-7-9-15(20)10-8-14/h3-10,13H,11H2,1-2H3,(H,21,24). The summed E-state index contributed by atoms with van der Waals surface area (Å²) in [7, 11) is 0. The van der Waals surface area contributed by atoms with E-state index in [1.54, 1.807) is 36.4 Å². The Morgan fingerprint density at radius 2 is 1.72 bits per heavy atom. The van der Waals surface area contributed by atoms with Gasteiger partial charge in [-0.3, -0.25) is 14.4 Å². The lowest BCUT2D eigenvalue weighted by molar-refractivity contribution is -0.152. The molecule has 5 nitrogen and oxygen atoms in total. The smallest absolute Gasteiger partial charge is 0.311 e. The van der Waals surface area contributed by atoms with Crippen LogP contribution >= 0.6 is 15.9 Å². The van der Waals surface area contributed by atoms with Gasteiger partial charge in [-0.15, -0.1) is 0 Å². The third-order valence-corrected chi connectivity index (χ3v) is 4.03. The van der Waals surface area contributed by atoms with Crippen LogP contribution < -0.4 is 5.32 Å². The van der Waals surface area contributed by atoms with Crippen LogP contribution in [0.15, 0.2) is 53.0 Å². The van der Waals surface area contributed by atoms with Gasteiger partial charge in [-0.1, -0.05) is 40.2 Å². The SMILES string of the molecule is CC(=O)c1ccccc1NC(=O)C(C)OC(=O)Cc1ccc(Br)cc1. The molecule has 6 heteroatoms. The van der Waals surface area contributed by atoms with Gasteiger partial charge in [-0.25, -0.2) is 0 Å². The second kappa shape index (κ2) is 8.58. The van der Waals surface area contributed by atoms with Crippen LogP contribution in [0.25, 0.3) is 0 Å². The number of hydrogen-bond acceptors (Lipinski definition) is 4. The third-order valence-electron chi connectivity index (χ3n) is 3.50. The molecule has 2 rings (SSSR count). The molecule has 0 bridgehead atoms. The maximum absolute atomic E-state index is 12.2. The molecule has 0 heterocycles. The highest BCUT2D eigenvalue weighted by molar-refractivity contribution is 9.10. The van der Waals surface area contributed by atoms with E-state index in [4.69, 9.17) is 4.74 Å². The molecule has 130 valence electrons. The summed E-state index contributed by atoms with van der Waals surface area (Å²) in [5.74, 6) is -1.14. The van der Waals surface area contributed by atoms with E-state index >= 15 is 0 Å². The van der Waals surface area contributed by atoms with Gasteiger partial charge in [-0.2, -0.15) is 0 Å². The monoisotopic (exact) mass is 403 g/mol. The first-order chi connectivity index (χ1) is 11.9. The van der Waals surface area contributed by atoms with E-state index in [1.807, 2.05) is 12.1 Å². The van der Waals surface area contributed by atoms with Gasteiger partial charge in [0, 0.05) is 10.0 Å². The Morgan fingerprint density at radius 1 is 1.08 bits per heavy atom. The van der Waals surface area contributed by atoms with E-state index in [1.165, 1.54) is 13.8 Å². The van der Waals surface area contributed by atoms with Gasteiger partial charge in [0.15, 0.2) is 11.9 Å². The first-order valence-corrected chi connectivity index (χ1v) is 8.51. The number of carbonyl (C=O) groups excluding carboxylic acids is 3. The van der Waals surface area contributed by atoms with Crippen LogP contribution in [0, 0.1) is 0 Å². The molecule has 1 unspecified atom stereocenters. The number of ether oxygens (including phenoxy) is 1. The maximum atomic E-state index is 12.2. The zero-order chi connectivity index (χ0) is 18.4. The molecule has 0 aromatic heterocycles. The summed E-state index contributed by atoms with van der Waals surface area (Å²) in [5.41, 5.74) is 1.60. The first kappa shape index (κ1) is 18.9. The summed E-state index contributed by atoms with van der Waals surface area (Å²) in [6, 6.07) is 14.0. The van der Waals surface area contributed by atoms with Crippen molar-refractivity contribution in [3.63, 3.8) is 0 Å². The Kier molecular flexibility index (Phi) is 6.47. The lowest BCUT2D eigenvalue weighted by Crippen LogP contribution is -2.31. The Hall–Kier alpha value is -2.47. The van der Waals surface area contributed by atoms with E-state index in [0.717, 1.165) is 10.0 Å². The number of halogens is 1. The molecule has 1 atom stereocenters. The zero-order valence-electron chi connectivity index (χ0n) is 13.9. The minimum atomic E-state index is -0.969. The highest BCUT2D eigenvalue weighted by Gasteiger charge is 2.19. The van der Waals surface area contributed by atoms with Crippen molar-refractivity contribution in [2.24, 2.45) is 0 Å². The molecule has 2 aromatic rings. The summed E-state index contributed by atoms with van der Waals surface area (Å²) >= 11 is 3.33. The van der Waals surface area contributed by atoms with Crippen LogP contribution in [0.2, 0.25) is 0 Å². The van der Waals surface area contributed by atoms with Crippen molar-refractivity contribution in [3.8, 4) is 0 Å². The Bertz CT molecular complexity index is 786. The fourth-order valence-electron chi connectivity index (χ4n) is 2.19. The highest BCUT2D eigenvalue weighted by Crippen LogP contribution is 2.16. The number of ketones is 1. The van der Waals surface area contributed by atoms with Gasteiger partial charge >= 0.3 is 5.97 Å². The molecule has 0 saturated heterocycles. The predicted molar refractivity (Wildman–Crippen MR) is 98.5 cm³/mol. The van der Waals surface area contributed by atoms with Gasteiger partial charge in [0.05, 0.1) is 12.1 Å². The van der Waals surface area contributed by atoms with E-state index in [0.29, 0.717) is 11.3 Å². The molecule has 0 radical (unpaired) electrons. The lowest BCUT2D eigenvalue weighted by Gasteiger charge is -2.15. The number of hydrogen-bond donors (Lipinski definition) is 1. The largest absolute Gasteiger partial charge is 0.452 e. The van der Waals surface area contributed by atoms with Gasteiger partial charge in [0.1, 0.15) is 0 Å². The van der Waals surface area contributed by atoms with Crippen LogP contribution in [-0.4, -0.2) is 23.8 Å². The van der Waals surface area contributed by atoms with E-state index in [-0.39, 0.29) is 12.2 Å². The topological polar surface area (TPSA) is 72.5 Å². The average Bonchev–Trinajstić information content (AvgIpc) is 2.57.